The summed E-state index contributed by atoms with van der Waals surface area (Å²) in [4.78, 5) is 66.0. The van der Waals surface area contributed by atoms with Gasteiger partial charge in [-0.05, 0) is 71.5 Å². The van der Waals surface area contributed by atoms with Gasteiger partial charge in [-0.25, -0.2) is 24.9 Å². The van der Waals surface area contributed by atoms with Crippen molar-refractivity contribution in [3.63, 3.8) is 0 Å². The van der Waals surface area contributed by atoms with Crippen molar-refractivity contribution >= 4 is 71.1 Å². The highest BCUT2D eigenvalue weighted by atomic mass is 32.1. The van der Waals surface area contributed by atoms with Gasteiger partial charge in [0.2, 0.25) is 5.88 Å². The van der Waals surface area contributed by atoms with E-state index in [-0.39, 0.29) is 46.6 Å². The third-order valence-corrected chi connectivity index (χ3v) is 11.6. The Morgan fingerprint density at radius 2 is 1.29 bits per heavy atom. The Hall–Kier alpha value is -7.28. The second-order valence-electron chi connectivity index (χ2n) is 14.4. The third kappa shape index (κ3) is 10.4. The summed E-state index contributed by atoms with van der Waals surface area (Å²) in [6.45, 7) is 4.29. The number of nitrogens with zero attached hydrogens (tertiary/aromatic N) is 6. The van der Waals surface area contributed by atoms with E-state index in [1.165, 1.54) is 22.7 Å². The zero-order valence-corrected chi connectivity index (χ0v) is 35.1. The fourth-order valence-corrected chi connectivity index (χ4v) is 8.15. The molecule has 18 heteroatoms. The van der Waals surface area contributed by atoms with Gasteiger partial charge in [-0.1, -0.05) is 78.1 Å². The molecule has 8 rings (SSSR count). The van der Waals surface area contributed by atoms with E-state index in [4.69, 9.17) is 16.3 Å². The lowest BCUT2D eigenvalue weighted by Crippen LogP contribution is -2.28. The van der Waals surface area contributed by atoms with E-state index in [1.807, 2.05) is 59.3 Å². The third-order valence-electron chi connectivity index (χ3n) is 9.87. The summed E-state index contributed by atoms with van der Waals surface area (Å²) in [7, 11) is 0. The quantitative estimate of drug-likeness (QED) is 0.0451. The molecule has 0 fully saturated rings. The van der Waals surface area contributed by atoms with Crippen LogP contribution in [-0.4, -0.2) is 60.3 Å². The van der Waals surface area contributed by atoms with Gasteiger partial charge >= 0.3 is 0 Å². The van der Waals surface area contributed by atoms with Crippen LogP contribution in [0.1, 0.15) is 67.4 Å². The summed E-state index contributed by atoms with van der Waals surface area (Å²) in [5, 5.41) is 9.66. The van der Waals surface area contributed by atoms with Crippen molar-refractivity contribution < 1.29 is 19.2 Å². The molecular formula is C44H42N12O4S2. The first-order valence-electron chi connectivity index (χ1n) is 19.7. The van der Waals surface area contributed by atoms with E-state index in [9.17, 15) is 14.4 Å². The van der Waals surface area contributed by atoms with Crippen LogP contribution in [0.3, 0.4) is 0 Å². The van der Waals surface area contributed by atoms with Crippen molar-refractivity contribution in [1.29, 1.82) is 0 Å². The van der Waals surface area contributed by atoms with E-state index < -0.39 is 0 Å². The highest BCUT2D eigenvalue weighted by Crippen LogP contribution is 2.26. The zero-order chi connectivity index (χ0) is 43.0. The van der Waals surface area contributed by atoms with E-state index in [1.54, 1.807) is 42.7 Å². The van der Waals surface area contributed by atoms with Crippen LogP contribution in [0, 0.1) is 0 Å². The Labute approximate surface area is 363 Å². The van der Waals surface area contributed by atoms with Crippen molar-refractivity contribution in [1.82, 2.24) is 50.9 Å². The highest BCUT2D eigenvalue weighted by Gasteiger charge is 2.14. The van der Waals surface area contributed by atoms with Crippen LogP contribution in [0.5, 0.6) is 5.88 Å². The van der Waals surface area contributed by atoms with Crippen LogP contribution < -0.4 is 37.7 Å². The number of amides is 3. The zero-order valence-electron chi connectivity index (χ0n) is 33.5. The molecule has 0 aliphatic carbocycles. The van der Waals surface area contributed by atoms with Crippen LogP contribution in [0.15, 0.2) is 110 Å². The number of imidazole rings is 1. The monoisotopic (exact) mass is 866 g/mol. The Morgan fingerprint density at radius 1 is 0.710 bits per heavy atom. The second-order valence-corrected chi connectivity index (χ2v) is 16.5. The highest BCUT2D eigenvalue weighted by molar-refractivity contribution is 7.22. The lowest BCUT2D eigenvalue weighted by molar-refractivity contribution is 0.0932. The number of anilines is 2. The first kappa shape index (κ1) is 41.5. The summed E-state index contributed by atoms with van der Waals surface area (Å²) < 4.78 is 3.90. The van der Waals surface area contributed by atoms with E-state index in [0.717, 1.165) is 48.4 Å². The first-order chi connectivity index (χ1) is 30.1. The second kappa shape index (κ2) is 19.0. The topological polar surface area (TPSA) is 230 Å². The van der Waals surface area contributed by atoms with Crippen molar-refractivity contribution in [3.05, 3.63) is 143 Å². The molecule has 0 saturated heterocycles. The molecule has 0 spiro atoms. The van der Waals surface area contributed by atoms with E-state index in [2.05, 4.69) is 65.4 Å². The summed E-state index contributed by atoms with van der Waals surface area (Å²) in [6.07, 6.45) is 4.41. The molecule has 5 aromatic heterocycles. The predicted octanol–water partition coefficient (Wildman–Crippen LogP) is 6.09. The minimum Gasteiger partial charge on any atom is -0.388 e. The summed E-state index contributed by atoms with van der Waals surface area (Å²) in [5.74, 6) is -0.648. The number of pyridine rings is 2. The number of carbonyl (C=O) groups excluding carboxylic acids is 3. The number of nitrogens with one attached hydrogen (secondary N) is 4. The molecule has 5 heterocycles. The fraction of sp³-hybridized carbons (Fsp3) is 0.182. The van der Waals surface area contributed by atoms with Gasteiger partial charge in [0, 0.05) is 50.6 Å². The van der Waals surface area contributed by atoms with Crippen molar-refractivity contribution in [2.24, 2.45) is 0 Å². The van der Waals surface area contributed by atoms with Gasteiger partial charge in [-0.3, -0.25) is 14.4 Å². The normalized spacial score (nSPS) is 11.7. The molecule has 1 atom stereocenters. The molecule has 3 aromatic carbocycles. The van der Waals surface area contributed by atoms with Crippen LogP contribution in [0.25, 0.3) is 31.7 Å². The molecule has 62 heavy (non-hydrogen) atoms. The molecule has 0 bridgehead atoms. The van der Waals surface area contributed by atoms with Gasteiger partial charge < -0.3 is 36.8 Å². The Balaban J connectivity index is 0.743. The molecule has 0 unspecified atom stereocenters. The van der Waals surface area contributed by atoms with Crippen LogP contribution in [0.4, 0.5) is 10.3 Å². The summed E-state index contributed by atoms with van der Waals surface area (Å²) in [6, 6.07) is 29.5. The number of hydrogen-bond acceptors (Lipinski definition) is 14. The number of carbonyl (C=O) groups is 3. The molecule has 3 amide bonds. The molecule has 0 radical (unpaired) electrons. The number of nitrogen functional groups attached to an aromatic ring is 2. The van der Waals surface area contributed by atoms with E-state index in [0.29, 0.717) is 49.4 Å². The molecule has 8 aromatic rings. The smallest absolute Gasteiger partial charge is 0.270 e. The maximum atomic E-state index is 12.9. The average molecular weight is 867 g/mol. The maximum absolute atomic E-state index is 12.9. The fourth-order valence-electron chi connectivity index (χ4n) is 6.55. The van der Waals surface area contributed by atoms with Crippen LogP contribution in [0.2, 0.25) is 0 Å². The Morgan fingerprint density at radius 3 is 1.92 bits per heavy atom. The van der Waals surface area contributed by atoms with E-state index >= 15 is 0 Å². The number of nitrogens with two attached hydrogens (primary N) is 2. The van der Waals surface area contributed by atoms with Crippen molar-refractivity contribution in [2.75, 3.05) is 24.6 Å². The average Bonchev–Trinajstić information content (AvgIpc) is 4.03. The number of rotatable bonds is 17. The lowest BCUT2D eigenvalue weighted by atomic mass is 9.99. The largest absolute Gasteiger partial charge is 0.388 e. The van der Waals surface area contributed by atoms with Gasteiger partial charge in [-0.15, -0.1) is 0 Å². The first-order valence-corrected chi connectivity index (χ1v) is 21.4. The minimum absolute atomic E-state index is 0.112. The summed E-state index contributed by atoms with van der Waals surface area (Å²) in [5.41, 5.74) is 21.6. The maximum Gasteiger partial charge on any atom is 0.270 e. The number of benzene rings is 3. The molecule has 0 saturated carbocycles. The van der Waals surface area contributed by atoms with Gasteiger partial charge in [0.1, 0.15) is 17.1 Å². The van der Waals surface area contributed by atoms with Crippen molar-refractivity contribution in [3.8, 4) is 17.1 Å². The number of hydrogen-bond donors (Lipinski definition) is 6. The van der Waals surface area contributed by atoms with Crippen LogP contribution >= 0.6 is 22.7 Å². The van der Waals surface area contributed by atoms with Gasteiger partial charge in [0.15, 0.2) is 10.3 Å². The number of aromatic nitrogens is 6. The molecule has 8 N–H and O–H groups in total. The number of hydroxylamine groups is 1. The number of aryl methyl sites for hydroxylation is 1. The number of fused-ring (bicyclic) bond motifs is 2. The Kier molecular flexibility index (Phi) is 12.7. The van der Waals surface area contributed by atoms with Gasteiger partial charge in [0.05, 0.1) is 32.5 Å². The molecule has 16 nitrogen and oxygen atoms in total. The predicted molar refractivity (Wildman–Crippen MR) is 241 cm³/mol. The SMILES string of the molecule is C[C@@H](CNOc1cccc(C(=O)NCc2ccc3nc(N)sc3c2)n1)c1ccc(-c2cn(CCCNC(=O)c3cccc(C(=O)NCc4ccc5nc(N)sc5c4)n3)cn2)cc1. The van der Waals surface area contributed by atoms with Gasteiger partial charge in [-0.2, -0.15) is 5.48 Å². The van der Waals surface area contributed by atoms with Gasteiger partial charge in [0.25, 0.3) is 17.7 Å². The lowest BCUT2D eigenvalue weighted by Gasteiger charge is -2.14. The summed E-state index contributed by atoms with van der Waals surface area (Å²) >= 11 is 2.80. The Bertz CT molecular complexity index is 2870. The van der Waals surface area contributed by atoms with Crippen molar-refractivity contribution in [2.45, 2.75) is 38.9 Å². The molecular weight excluding hydrogens is 825 g/mol. The molecule has 0 aliphatic heterocycles. The molecule has 0 aliphatic rings. The molecule has 314 valence electrons. The van der Waals surface area contributed by atoms with Crippen LogP contribution in [-0.2, 0) is 19.6 Å². The minimum atomic E-state index is -0.378. The number of thiazole rings is 2. The standard InChI is InChI=1S/C44H42N12O4S2/c1-26(21-51-60-39-8-3-7-35(53-39)42(59)49-23-28-10-16-32-38(20-28)62-44(46)55-32)29-11-13-30(14-12-29)36-24-56(25-50-36)18-4-17-47-40(57)33-5-2-6-34(52-33)41(58)48-22-27-9-15-31-37(19-27)61-43(45)54-31/h2-3,5-16,19-20,24-26,51H,4,17-18,21-23H2,1H3,(H2,45,54)(H2,46,55)(H,47,57)(H,48,58)(H,49,59)/t26-/m0/s1.